The fraction of sp³-hybridized carbons (Fsp3) is 0.125. The standard InChI is InChI=1S/C24H23N3O/c1-16-6-10-20(11-7-16)28-21-12-8-19(9-13-21)26-15-23-17(2)18(3)24(27-23)22-5-4-14-25-22/h4-15,25,27H,1-3H3. The maximum atomic E-state index is 5.87. The monoisotopic (exact) mass is 369 g/mol. The zero-order valence-electron chi connectivity index (χ0n) is 16.3. The van der Waals surface area contributed by atoms with E-state index in [1.165, 1.54) is 16.7 Å². The largest absolute Gasteiger partial charge is 0.457 e. The lowest BCUT2D eigenvalue weighted by atomic mass is 10.1. The van der Waals surface area contributed by atoms with E-state index in [0.717, 1.165) is 34.3 Å². The van der Waals surface area contributed by atoms with Crippen molar-refractivity contribution in [2.75, 3.05) is 0 Å². The second-order valence-electron chi connectivity index (χ2n) is 6.91. The van der Waals surface area contributed by atoms with Crippen molar-refractivity contribution in [2.45, 2.75) is 20.8 Å². The van der Waals surface area contributed by atoms with E-state index in [1.54, 1.807) is 0 Å². The van der Waals surface area contributed by atoms with E-state index >= 15 is 0 Å². The van der Waals surface area contributed by atoms with Crippen molar-refractivity contribution in [1.82, 2.24) is 9.97 Å². The molecule has 0 bridgehead atoms. The molecule has 0 aliphatic heterocycles. The number of rotatable bonds is 5. The Kier molecular flexibility index (Phi) is 4.85. The van der Waals surface area contributed by atoms with Crippen LogP contribution < -0.4 is 4.74 Å². The SMILES string of the molecule is Cc1ccc(Oc2ccc(N=Cc3[nH]c(-c4ccc[nH]4)c(C)c3C)cc2)cc1. The molecule has 2 aromatic heterocycles. The Hall–Kier alpha value is -3.53. The van der Waals surface area contributed by atoms with Gasteiger partial charge in [0.1, 0.15) is 11.5 Å². The number of benzene rings is 2. The molecule has 0 amide bonds. The average Bonchev–Trinajstić information content (AvgIpc) is 3.33. The zero-order valence-corrected chi connectivity index (χ0v) is 16.3. The summed E-state index contributed by atoms with van der Waals surface area (Å²) in [6, 6.07) is 19.9. The Bertz CT molecular complexity index is 1090. The first-order valence-electron chi connectivity index (χ1n) is 9.32. The number of aromatic nitrogens is 2. The topological polar surface area (TPSA) is 53.2 Å². The van der Waals surface area contributed by atoms with Crippen LogP contribution in [0.25, 0.3) is 11.4 Å². The third-order valence-electron chi connectivity index (χ3n) is 4.90. The Morgan fingerprint density at radius 2 is 1.50 bits per heavy atom. The van der Waals surface area contributed by atoms with Crippen LogP contribution in [0.15, 0.2) is 71.9 Å². The fourth-order valence-corrected chi connectivity index (χ4v) is 3.08. The lowest BCUT2D eigenvalue weighted by Gasteiger charge is -2.06. The first kappa shape index (κ1) is 17.9. The van der Waals surface area contributed by atoms with Gasteiger partial charge in [0.15, 0.2) is 0 Å². The first-order chi connectivity index (χ1) is 13.6. The molecular weight excluding hydrogens is 346 g/mol. The van der Waals surface area contributed by atoms with Crippen molar-refractivity contribution >= 4 is 11.9 Å². The van der Waals surface area contributed by atoms with E-state index in [-0.39, 0.29) is 0 Å². The number of aliphatic imine (C=N–C) groups is 1. The van der Waals surface area contributed by atoms with Crippen molar-refractivity contribution in [3.63, 3.8) is 0 Å². The summed E-state index contributed by atoms with van der Waals surface area (Å²) in [5.41, 5.74) is 7.72. The van der Waals surface area contributed by atoms with E-state index in [0.29, 0.717) is 0 Å². The maximum absolute atomic E-state index is 5.87. The van der Waals surface area contributed by atoms with Crippen molar-refractivity contribution in [3.05, 3.63) is 89.2 Å². The Labute approximate surface area is 164 Å². The van der Waals surface area contributed by atoms with Gasteiger partial charge in [-0.25, -0.2) is 0 Å². The second kappa shape index (κ2) is 7.61. The van der Waals surface area contributed by atoms with E-state index in [1.807, 2.05) is 67.0 Å². The molecule has 0 radical (unpaired) electrons. The molecule has 0 fully saturated rings. The molecular formula is C24H23N3O. The van der Waals surface area contributed by atoms with Gasteiger partial charge in [-0.15, -0.1) is 0 Å². The molecule has 0 aliphatic carbocycles. The third-order valence-corrected chi connectivity index (χ3v) is 4.90. The number of H-pyrrole nitrogens is 2. The number of nitrogens with zero attached hydrogens (tertiary/aromatic N) is 1. The van der Waals surface area contributed by atoms with Gasteiger partial charge in [0.25, 0.3) is 0 Å². The minimum Gasteiger partial charge on any atom is -0.457 e. The van der Waals surface area contributed by atoms with Crippen LogP contribution in [-0.2, 0) is 0 Å². The van der Waals surface area contributed by atoms with E-state index < -0.39 is 0 Å². The summed E-state index contributed by atoms with van der Waals surface area (Å²) in [4.78, 5) is 11.3. The van der Waals surface area contributed by atoms with Crippen LogP contribution in [0.5, 0.6) is 11.5 Å². The minimum atomic E-state index is 0.795. The molecule has 4 nitrogen and oxygen atoms in total. The fourth-order valence-electron chi connectivity index (χ4n) is 3.08. The number of aryl methyl sites for hydroxylation is 1. The summed E-state index contributed by atoms with van der Waals surface area (Å²) in [5.74, 6) is 1.62. The van der Waals surface area contributed by atoms with Gasteiger partial charge >= 0.3 is 0 Å². The van der Waals surface area contributed by atoms with E-state index in [9.17, 15) is 0 Å². The quantitative estimate of drug-likeness (QED) is 0.389. The Morgan fingerprint density at radius 3 is 2.14 bits per heavy atom. The molecule has 0 spiro atoms. The summed E-state index contributed by atoms with van der Waals surface area (Å²) >= 11 is 0. The predicted octanol–water partition coefficient (Wildman–Crippen LogP) is 6.48. The molecule has 2 aromatic carbocycles. The lowest BCUT2D eigenvalue weighted by molar-refractivity contribution is 0.482. The van der Waals surface area contributed by atoms with E-state index in [4.69, 9.17) is 4.74 Å². The highest BCUT2D eigenvalue weighted by Gasteiger charge is 2.11. The molecule has 2 N–H and O–H groups in total. The number of aromatic amines is 2. The van der Waals surface area contributed by atoms with Crippen LogP contribution in [0.4, 0.5) is 5.69 Å². The molecule has 4 aromatic rings. The van der Waals surface area contributed by atoms with Crippen LogP contribution in [0, 0.1) is 20.8 Å². The molecule has 0 saturated carbocycles. The summed E-state index contributed by atoms with van der Waals surface area (Å²) < 4.78 is 5.87. The van der Waals surface area contributed by atoms with Gasteiger partial charge in [-0.3, -0.25) is 4.99 Å². The molecule has 0 atom stereocenters. The normalized spacial score (nSPS) is 11.2. The molecule has 4 heteroatoms. The van der Waals surface area contributed by atoms with Crippen LogP contribution in [0.2, 0.25) is 0 Å². The van der Waals surface area contributed by atoms with E-state index in [2.05, 4.69) is 41.8 Å². The molecule has 0 saturated heterocycles. The lowest BCUT2D eigenvalue weighted by Crippen LogP contribution is -1.85. The minimum absolute atomic E-state index is 0.795. The highest BCUT2D eigenvalue weighted by Crippen LogP contribution is 2.27. The molecule has 4 rings (SSSR count). The number of hydrogen-bond donors (Lipinski definition) is 2. The average molecular weight is 369 g/mol. The van der Waals surface area contributed by atoms with Gasteiger partial charge in [0.05, 0.1) is 29.0 Å². The van der Waals surface area contributed by atoms with Crippen LogP contribution in [-0.4, -0.2) is 16.2 Å². The van der Waals surface area contributed by atoms with Crippen LogP contribution in [0.1, 0.15) is 22.4 Å². The first-order valence-corrected chi connectivity index (χ1v) is 9.32. The maximum Gasteiger partial charge on any atom is 0.127 e. The summed E-state index contributed by atoms with van der Waals surface area (Å²) in [5, 5.41) is 0. The smallest absolute Gasteiger partial charge is 0.127 e. The molecule has 0 unspecified atom stereocenters. The van der Waals surface area contributed by atoms with Crippen molar-refractivity contribution < 1.29 is 4.74 Å². The molecule has 0 aliphatic rings. The third kappa shape index (κ3) is 3.76. The summed E-state index contributed by atoms with van der Waals surface area (Å²) in [7, 11) is 0. The van der Waals surface area contributed by atoms with Gasteiger partial charge in [-0.1, -0.05) is 17.7 Å². The Balaban J connectivity index is 1.49. The van der Waals surface area contributed by atoms with Crippen molar-refractivity contribution in [1.29, 1.82) is 0 Å². The Morgan fingerprint density at radius 1 is 0.821 bits per heavy atom. The van der Waals surface area contributed by atoms with Gasteiger partial charge in [-0.2, -0.15) is 0 Å². The van der Waals surface area contributed by atoms with Gasteiger partial charge in [-0.05, 0) is 80.4 Å². The van der Waals surface area contributed by atoms with Gasteiger partial charge in [0.2, 0.25) is 0 Å². The predicted molar refractivity (Wildman–Crippen MR) is 115 cm³/mol. The number of hydrogen-bond acceptors (Lipinski definition) is 2. The highest BCUT2D eigenvalue weighted by atomic mass is 16.5. The van der Waals surface area contributed by atoms with Gasteiger partial charge < -0.3 is 14.7 Å². The molecule has 2 heterocycles. The van der Waals surface area contributed by atoms with Crippen molar-refractivity contribution in [2.24, 2.45) is 4.99 Å². The molecule has 28 heavy (non-hydrogen) atoms. The van der Waals surface area contributed by atoms with Gasteiger partial charge in [0, 0.05) is 6.20 Å². The zero-order chi connectivity index (χ0) is 19.5. The van der Waals surface area contributed by atoms with Crippen molar-refractivity contribution in [3.8, 4) is 22.9 Å². The second-order valence-corrected chi connectivity index (χ2v) is 6.91. The summed E-state index contributed by atoms with van der Waals surface area (Å²) in [6.07, 6.45) is 3.81. The molecule has 140 valence electrons. The summed E-state index contributed by atoms with van der Waals surface area (Å²) in [6.45, 7) is 6.29. The van der Waals surface area contributed by atoms with Crippen LogP contribution >= 0.6 is 0 Å². The number of ether oxygens (including phenoxy) is 1. The highest BCUT2D eigenvalue weighted by molar-refractivity contribution is 5.85. The van der Waals surface area contributed by atoms with Crippen LogP contribution in [0.3, 0.4) is 0 Å². The number of nitrogens with one attached hydrogen (secondary N) is 2.